The van der Waals surface area contributed by atoms with E-state index in [0.717, 1.165) is 25.2 Å². The second-order valence-electron chi connectivity index (χ2n) is 8.82. The first-order chi connectivity index (χ1) is 15.1. The van der Waals surface area contributed by atoms with Crippen LogP contribution in [0.2, 0.25) is 5.02 Å². The normalized spacial score (nSPS) is 26.7. The van der Waals surface area contributed by atoms with Gasteiger partial charge in [-0.1, -0.05) is 17.7 Å². The molecular weight excluding hydrogens is 420 g/mol. The Bertz CT molecular complexity index is 841. The van der Waals surface area contributed by atoms with Gasteiger partial charge in [-0.15, -0.1) is 0 Å². The third-order valence-electron chi connectivity index (χ3n) is 6.65. The highest BCUT2D eigenvalue weighted by Gasteiger charge is 2.40. The number of halogens is 1. The first-order valence-electron chi connectivity index (χ1n) is 11.2. The number of amides is 3. The fourth-order valence-electron chi connectivity index (χ4n) is 4.89. The summed E-state index contributed by atoms with van der Waals surface area (Å²) < 4.78 is 11.7. The lowest BCUT2D eigenvalue weighted by Crippen LogP contribution is -2.65. The summed E-state index contributed by atoms with van der Waals surface area (Å²) in [6.07, 6.45) is 4.33. The standard InChI is InChI=1S/C22H29ClN4O4/c23-21-17(25-8-2-1-3-9-25)5-4-6-19(21)31-15-11-27(12-15)22(29)26-10-7-18-16(13-26)24-20(28)14-30-18/h4-6,15-16,18H,1-3,7-14H2,(H,24,28)/t16-,18?/m1/s1. The number of fused-ring (bicyclic) bond motifs is 1. The average Bonchev–Trinajstić information content (AvgIpc) is 2.76. The fourth-order valence-corrected chi connectivity index (χ4v) is 5.18. The number of anilines is 1. The quantitative estimate of drug-likeness (QED) is 0.766. The molecule has 0 saturated carbocycles. The second kappa shape index (κ2) is 8.74. The van der Waals surface area contributed by atoms with Crippen LogP contribution in [-0.4, -0.2) is 85.9 Å². The number of carbonyl (C=O) groups is 2. The Morgan fingerprint density at radius 1 is 1.10 bits per heavy atom. The Morgan fingerprint density at radius 2 is 1.90 bits per heavy atom. The van der Waals surface area contributed by atoms with Crippen LogP contribution in [-0.2, 0) is 9.53 Å². The number of carbonyl (C=O) groups excluding carboxylic acids is 2. The zero-order valence-electron chi connectivity index (χ0n) is 17.6. The van der Waals surface area contributed by atoms with Gasteiger partial charge in [0.05, 0.1) is 30.9 Å². The highest BCUT2D eigenvalue weighted by molar-refractivity contribution is 6.34. The van der Waals surface area contributed by atoms with E-state index >= 15 is 0 Å². The van der Waals surface area contributed by atoms with E-state index in [4.69, 9.17) is 21.1 Å². The molecule has 9 heteroatoms. The lowest BCUT2D eigenvalue weighted by Gasteiger charge is -2.46. The molecule has 31 heavy (non-hydrogen) atoms. The summed E-state index contributed by atoms with van der Waals surface area (Å²) in [6, 6.07) is 5.80. The van der Waals surface area contributed by atoms with E-state index in [0.29, 0.717) is 37.0 Å². The number of piperidine rings is 2. The third kappa shape index (κ3) is 4.28. The van der Waals surface area contributed by atoms with E-state index in [-0.39, 0.29) is 36.8 Å². The molecule has 1 N–H and O–H groups in total. The molecule has 4 aliphatic heterocycles. The van der Waals surface area contributed by atoms with E-state index < -0.39 is 0 Å². The molecule has 0 spiro atoms. The molecule has 0 bridgehead atoms. The van der Waals surface area contributed by atoms with Crippen molar-refractivity contribution in [2.24, 2.45) is 0 Å². The van der Waals surface area contributed by atoms with Crippen molar-refractivity contribution < 1.29 is 19.1 Å². The molecule has 0 radical (unpaired) electrons. The Morgan fingerprint density at radius 3 is 2.71 bits per heavy atom. The average molecular weight is 449 g/mol. The van der Waals surface area contributed by atoms with Gasteiger partial charge in [0.1, 0.15) is 23.5 Å². The molecule has 168 valence electrons. The van der Waals surface area contributed by atoms with Crippen molar-refractivity contribution >= 4 is 29.2 Å². The van der Waals surface area contributed by atoms with Crippen LogP contribution in [0.4, 0.5) is 10.5 Å². The van der Waals surface area contributed by atoms with Crippen molar-refractivity contribution in [3.05, 3.63) is 23.2 Å². The van der Waals surface area contributed by atoms with Crippen LogP contribution < -0.4 is 15.0 Å². The Kier molecular flexibility index (Phi) is 5.84. The summed E-state index contributed by atoms with van der Waals surface area (Å²) in [6.45, 7) is 4.37. The number of urea groups is 1. The SMILES string of the molecule is O=C1COC2CCN(C(=O)N3CC(Oc4cccc(N5CCCCC5)c4Cl)C3)C[C@H]2N1. The number of likely N-dealkylation sites (tertiary alicyclic amines) is 2. The minimum atomic E-state index is -0.122. The molecule has 0 aromatic heterocycles. The lowest BCUT2D eigenvalue weighted by molar-refractivity contribution is -0.139. The van der Waals surface area contributed by atoms with Crippen LogP contribution >= 0.6 is 11.6 Å². The molecule has 1 aromatic rings. The van der Waals surface area contributed by atoms with Crippen molar-refractivity contribution in [1.82, 2.24) is 15.1 Å². The minimum absolute atomic E-state index is 0.00328. The van der Waals surface area contributed by atoms with Crippen molar-refractivity contribution in [2.75, 3.05) is 50.8 Å². The van der Waals surface area contributed by atoms with E-state index in [1.54, 1.807) is 9.80 Å². The van der Waals surface area contributed by atoms with E-state index in [1.165, 1.54) is 19.3 Å². The monoisotopic (exact) mass is 448 g/mol. The van der Waals surface area contributed by atoms with Gasteiger partial charge in [-0.2, -0.15) is 0 Å². The highest BCUT2D eigenvalue weighted by atomic mass is 35.5. The Balaban J connectivity index is 1.14. The van der Waals surface area contributed by atoms with E-state index in [2.05, 4.69) is 16.3 Å². The summed E-state index contributed by atoms with van der Waals surface area (Å²) in [5, 5.41) is 3.60. The smallest absolute Gasteiger partial charge is 0.320 e. The number of hydrogen-bond donors (Lipinski definition) is 1. The first-order valence-corrected chi connectivity index (χ1v) is 11.6. The van der Waals surface area contributed by atoms with Gasteiger partial charge in [0, 0.05) is 26.2 Å². The molecule has 1 aromatic carbocycles. The van der Waals surface area contributed by atoms with Crippen LogP contribution in [0.15, 0.2) is 18.2 Å². The molecule has 1 unspecified atom stereocenters. The number of morpholine rings is 1. The molecular formula is C22H29ClN4O4. The lowest BCUT2D eigenvalue weighted by atomic mass is 10.0. The van der Waals surface area contributed by atoms with Crippen LogP contribution in [0.3, 0.4) is 0 Å². The fraction of sp³-hybridized carbons (Fsp3) is 0.636. The third-order valence-corrected chi connectivity index (χ3v) is 7.03. The number of nitrogens with one attached hydrogen (secondary N) is 1. The van der Waals surface area contributed by atoms with Gasteiger partial charge >= 0.3 is 6.03 Å². The van der Waals surface area contributed by atoms with Gasteiger partial charge in [-0.25, -0.2) is 4.79 Å². The van der Waals surface area contributed by atoms with Gasteiger partial charge in [0.15, 0.2) is 0 Å². The van der Waals surface area contributed by atoms with Gasteiger partial charge in [0.25, 0.3) is 0 Å². The van der Waals surface area contributed by atoms with Crippen LogP contribution in [0.25, 0.3) is 0 Å². The topological polar surface area (TPSA) is 74.3 Å². The predicted molar refractivity (Wildman–Crippen MR) is 117 cm³/mol. The molecule has 8 nitrogen and oxygen atoms in total. The number of benzene rings is 1. The Labute approximate surface area is 187 Å². The second-order valence-corrected chi connectivity index (χ2v) is 9.20. The summed E-state index contributed by atoms with van der Waals surface area (Å²) in [5.74, 6) is 0.571. The number of hydrogen-bond acceptors (Lipinski definition) is 5. The highest BCUT2D eigenvalue weighted by Crippen LogP contribution is 2.37. The van der Waals surface area contributed by atoms with Crippen molar-refractivity contribution in [1.29, 1.82) is 0 Å². The van der Waals surface area contributed by atoms with Gasteiger partial charge < -0.3 is 29.5 Å². The van der Waals surface area contributed by atoms with E-state index in [9.17, 15) is 9.59 Å². The maximum atomic E-state index is 12.9. The number of ether oxygens (including phenoxy) is 2. The number of nitrogens with zero attached hydrogens (tertiary/aromatic N) is 3. The molecule has 2 atom stereocenters. The van der Waals surface area contributed by atoms with E-state index in [1.807, 2.05) is 12.1 Å². The maximum Gasteiger partial charge on any atom is 0.320 e. The summed E-state index contributed by atoms with van der Waals surface area (Å²) in [4.78, 5) is 30.4. The predicted octanol–water partition coefficient (Wildman–Crippen LogP) is 2.10. The minimum Gasteiger partial charge on any atom is -0.485 e. The summed E-state index contributed by atoms with van der Waals surface area (Å²) >= 11 is 6.66. The van der Waals surface area contributed by atoms with Gasteiger partial charge in [0.2, 0.25) is 5.91 Å². The zero-order chi connectivity index (χ0) is 21.4. The molecule has 4 fully saturated rings. The molecule has 4 saturated heterocycles. The van der Waals surface area contributed by atoms with Crippen molar-refractivity contribution in [3.8, 4) is 5.75 Å². The zero-order valence-corrected chi connectivity index (χ0v) is 18.4. The maximum absolute atomic E-state index is 12.9. The molecule has 3 amide bonds. The summed E-state index contributed by atoms with van der Waals surface area (Å²) in [5.41, 5.74) is 1.03. The van der Waals surface area contributed by atoms with Crippen molar-refractivity contribution in [2.45, 2.75) is 43.9 Å². The molecule has 4 heterocycles. The van der Waals surface area contributed by atoms with Gasteiger partial charge in [-0.05, 0) is 37.8 Å². The largest absolute Gasteiger partial charge is 0.485 e. The Hall–Kier alpha value is -2.19. The van der Waals surface area contributed by atoms with Gasteiger partial charge in [-0.3, -0.25) is 4.79 Å². The molecule has 4 aliphatic rings. The van der Waals surface area contributed by atoms with Crippen molar-refractivity contribution in [3.63, 3.8) is 0 Å². The number of rotatable bonds is 3. The van der Waals surface area contributed by atoms with Crippen LogP contribution in [0, 0.1) is 0 Å². The van der Waals surface area contributed by atoms with Crippen LogP contribution in [0.1, 0.15) is 25.7 Å². The first kappa shape index (κ1) is 20.7. The molecule has 5 rings (SSSR count). The summed E-state index contributed by atoms with van der Waals surface area (Å²) in [7, 11) is 0. The van der Waals surface area contributed by atoms with Crippen LogP contribution in [0.5, 0.6) is 5.75 Å². The molecule has 0 aliphatic carbocycles.